The maximum absolute atomic E-state index is 11.3. The maximum Gasteiger partial charge on any atom is 0.154 e. The molecule has 1 saturated carbocycles. The van der Waals surface area contributed by atoms with Gasteiger partial charge in [-0.25, -0.2) is 4.98 Å². The van der Waals surface area contributed by atoms with Gasteiger partial charge in [0.25, 0.3) is 0 Å². The fourth-order valence-corrected chi connectivity index (χ4v) is 2.88. The number of fused-ring (bicyclic) bond motifs is 1. The predicted molar refractivity (Wildman–Crippen MR) is 89.6 cm³/mol. The van der Waals surface area contributed by atoms with E-state index in [2.05, 4.69) is 20.4 Å². The summed E-state index contributed by atoms with van der Waals surface area (Å²) in [7, 11) is 0. The van der Waals surface area contributed by atoms with Crippen molar-refractivity contribution < 1.29 is 9.84 Å². The second-order valence-electron chi connectivity index (χ2n) is 6.65. The molecule has 0 amide bonds. The van der Waals surface area contributed by atoms with Gasteiger partial charge < -0.3 is 9.84 Å². The number of pyridine rings is 1. The van der Waals surface area contributed by atoms with E-state index in [-0.39, 0.29) is 5.92 Å². The van der Waals surface area contributed by atoms with Crippen LogP contribution in [-0.2, 0) is 5.60 Å². The molecule has 6 heteroatoms. The number of nitrogens with one attached hydrogen (secondary N) is 1. The second kappa shape index (κ2) is 5.56. The van der Waals surface area contributed by atoms with E-state index in [1.54, 1.807) is 6.20 Å². The van der Waals surface area contributed by atoms with Crippen LogP contribution >= 0.6 is 0 Å². The third-order valence-corrected chi connectivity index (χ3v) is 4.52. The topological polar surface area (TPSA) is 83.9 Å². The predicted octanol–water partition coefficient (Wildman–Crippen LogP) is 2.79. The molecular weight excluding hydrogens is 304 g/mol. The molecule has 0 saturated heterocycles. The molecule has 1 atom stereocenters. The van der Waals surface area contributed by atoms with Crippen molar-refractivity contribution in [2.45, 2.75) is 38.4 Å². The van der Waals surface area contributed by atoms with Crippen molar-refractivity contribution in [3.63, 3.8) is 0 Å². The maximum atomic E-state index is 11.3. The summed E-state index contributed by atoms with van der Waals surface area (Å²) in [4.78, 5) is 4.67. The van der Waals surface area contributed by atoms with E-state index in [1.807, 2.05) is 44.2 Å². The Labute approximate surface area is 139 Å². The summed E-state index contributed by atoms with van der Waals surface area (Å²) in [6.07, 6.45) is 4.24. The molecule has 1 unspecified atom stereocenters. The van der Waals surface area contributed by atoms with E-state index in [0.29, 0.717) is 17.5 Å². The Kier molecular flexibility index (Phi) is 3.49. The van der Waals surface area contributed by atoms with Gasteiger partial charge in [-0.2, -0.15) is 0 Å². The zero-order valence-electron chi connectivity index (χ0n) is 13.7. The molecule has 1 aliphatic carbocycles. The van der Waals surface area contributed by atoms with Crippen molar-refractivity contribution in [1.29, 1.82) is 0 Å². The largest absolute Gasteiger partial charge is 0.490 e. The average Bonchev–Trinajstić information content (AvgIpc) is 3.22. The van der Waals surface area contributed by atoms with Crippen LogP contribution in [0.1, 0.15) is 38.1 Å². The molecule has 2 aromatic heterocycles. The minimum Gasteiger partial charge on any atom is -0.490 e. The summed E-state index contributed by atoms with van der Waals surface area (Å²) < 4.78 is 5.83. The number of nitrogens with zero attached hydrogens (tertiary/aromatic N) is 3. The molecule has 2 N–H and O–H groups in total. The average molecular weight is 324 g/mol. The minimum absolute atomic E-state index is 0.106. The van der Waals surface area contributed by atoms with Crippen molar-refractivity contribution in [2.24, 2.45) is 5.92 Å². The van der Waals surface area contributed by atoms with Gasteiger partial charge in [0, 0.05) is 11.6 Å². The lowest BCUT2D eigenvalue weighted by Crippen LogP contribution is -2.35. The lowest BCUT2D eigenvalue weighted by atomic mass is 9.84. The highest BCUT2D eigenvalue weighted by molar-refractivity contribution is 5.80. The lowest BCUT2D eigenvalue weighted by Gasteiger charge is -2.29. The van der Waals surface area contributed by atoms with Crippen LogP contribution in [-0.4, -0.2) is 31.6 Å². The molecule has 4 rings (SSSR count). The van der Waals surface area contributed by atoms with E-state index >= 15 is 0 Å². The van der Waals surface area contributed by atoms with Crippen molar-refractivity contribution in [3.8, 4) is 5.75 Å². The van der Waals surface area contributed by atoms with Gasteiger partial charge in [-0.15, -0.1) is 5.10 Å². The molecule has 1 aromatic carbocycles. The molecule has 6 nitrogen and oxygen atoms in total. The Balaban J connectivity index is 1.75. The van der Waals surface area contributed by atoms with Gasteiger partial charge in [0.15, 0.2) is 5.60 Å². The van der Waals surface area contributed by atoms with Crippen LogP contribution in [0.3, 0.4) is 0 Å². The lowest BCUT2D eigenvalue weighted by molar-refractivity contribution is 0.0235. The molecule has 1 fully saturated rings. The Bertz CT molecular complexity index is 859. The number of rotatable bonds is 5. The number of hydrogen-bond acceptors (Lipinski definition) is 5. The monoisotopic (exact) mass is 324 g/mol. The molecule has 24 heavy (non-hydrogen) atoms. The molecule has 0 bridgehead atoms. The molecule has 0 aliphatic heterocycles. The summed E-state index contributed by atoms with van der Waals surface area (Å²) in [6.45, 7) is 3.88. The Hall–Kier alpha value is -2.47. The van der Waals surface area contributed by atoms with Gasteiger partial charge >= 0.3 is 0 Å². The molecule has 1 aliphatic rings. The Morgan fingerprint density at radius 1 is 1.21 bits per heavy atom. The van der Waals surface area contributed by atoms with E-state index < -0.39 is 5.60 Å². The fourth-order valence-electron chi connectivity index (χ4n) is 2.88. The van der Waals surface area contributed by atoms with E-state index in [0.717, 1.165) is 29.5 Å². The molecule has 3 aromatic rings. The number of benzene rings is 1. The van der Waals surface area contributed by atoms with Crippen LogP contribution in [0.2, 0.25) is 0 Å². The first-order chi connectivity index (χ1) is 11.6. The zero-order chi connectivity index (χ0) is 16.7. The van der Waals surface area contributed by atoms with Crippen molar-refractivity contribution in [1.82, 2.24) is 20.4 Å². The van der Waals surface area contributed by atoms with Crippen molar-refractivity contribution in [2.75, 3.05) is 0 Å². The van der Waals surface area contributed by atoms with Gasteiger partial charge in [-0.05, 0) is 43.0 Å². The van der Waals surface area contributed by atoms with Crippen molar-refractivity contribution in [3.05, 3.63) is 47.9 Å². The highest BCUT2D eigenvalue weighted by Gasteiger charge is 2.39. The number of hydrogen-bond donors (Lipinski definition) is 2. The first-order valence-corrected chi connectivity index (χ1v) is 8.24. The van der Waals surface area contributed by atoms with Crippen LogP contribution in [0.5, 0.6) is 5.75 Å². The number of aromatic nitrogens is 4. The quantitative estimate of drug-likeness (QED) is 0.754. The highest BCUT2D eigenvalue weighted by Crippen LogP contribution is 2.35. The summed E-state index contributed by atoms with van der Waals surface area (Å²) in [5, 5.41) is 22.6. The number of ether oxygens (including phenoxy) is 1. The molecule has 124 valence electrons. The first-order valence-electron chi connectivity index (χ1n) is 8.24. The van der Waals surface area contributed by atoms with Crippen LogP contribution in [0.4, 0.5) is 0 Å². The number of H-pyrrole nitrogens is 1. The van der Waals surface area contributed by atoms with Gasteiger partial charge in [0.05, 0.1) is 17.3 Å². The van der Waals surface area contributed by atoms with Crippen LogP contribution < -0.4 is 4.74 Å². The zero-order valence-corrected chi connectivity index (χ0v) is 13.7. The highest BCUT2D eigenvalue weighted by atomic mass is 16.5. The van der Waals surface area contributed by atoms with E-state index in [1.165, 1.54) is 0 Å². The number of aromatic amines is 1. The summed E-state index contributed by atoms with van der Waals surface area (Å²) in [5.74, 6) is 0.764. The first kappa shape index (κ1) is 15.1. The normalized spacial score (nSPS) is 17.2. The Morgan fingerprint density at radius 3 is 2.71 bits per heavy atom. The van der Waals surface area contributed by atoms with Crippen molar-refractivity contribution >= 4 is 10.9 Å². The summed E-state index contributed by atoms with van der Waals surface area (Å²) in [6, 6.07) is 9.67. The van der Waals surface area contributed by atoms with Crippen LogP contribution in [0.15, 0.2) is 36.5 Å². The minimum atomic E-state index is -1.29. The second-order valence-corrected chi connectivity index (χ2v) is 6.65. The third-order valence-electron chi connectivity index (χ3n) is 4.52. The molecule has 0 spiro atoms. The SMILES string of the molecule is CC(C)C(O)(c1c[nH]nn1)c1ccc2cc(OC3CC3)ccc2n1. The summed E-state index contributed by atoms with van der Waals surface area (Å²) >= 11 is 0. The van der Waals surface area contributed by atoms with Gasteiger partial charge in [0.1, 0.15) is 11.4 Å². The smallest absolute Gasteiger partial charge is 0.154 e. The number of aliphatic hydroxyl groups is 1. The van der Waals surface area contributed by atoms with Gasteiger partial charge in [-0.3, -0.25) is 5.10 Å². The van der Waals surface area contributed by atoms with Crippen LogP contribution in [0, 0.1) is 5.92 Å². The summed E-state index contributed by atoms with van der Waals surface area (Å²) in [5.41, 5.74) is 0.565. The van der Waals surface area contributed by atoms with Gasteiger partial charge in [-0.1, -0.05) is 25.1 Å². The standard InChI is InChI=1S/C18H20N4O2/c1-11(2)18(23,17-10-19-22-21-17)16-8-3-12-9-14(24-13-4-5-13)6-7-15(12)20-16/h3,6-11,13,23H,4-5H2,1-2H3,(H,19,21,22). The van der Waals surface area contributed by atoms with Gasteiger partial charge in [0.2, 0.25) is 0 Å². The van der Waals surface area contributed by atoms with E-state index in [4.69, 9.17) is 4.74 Å². The third kappa shape index (κ3) is 2.53. The Morgan fingerprint density at radius 2 is 2.04 bits per heavy atom. The van der Waals surface area contributed by atoms with E-state index in [9.17, 15) is 5.11 Å². The molecule has 0 radical (unpaired) electrons. The molecule has 2 heterocycles. The van der Waals surface area contributed by atoms with Crippen LogP contribution in [0.25, 0.3) is 10.9 Å². The molecular formula is C18H20N4O2. The fraction of sp³-hybridized carbons (Fsp3) is 0.389.